The summed E-state index contributed by atoms with van der Waals surface area (Å²) in [5.74, 6) is 0.201. The van der Waals surface area contributed by atoms with E-state index in [4.69, 9.17) is 23.2 Å². The first-order valence-electron chi connectivity index (χ1n) is 10.6. The van der Waals surface area contributed by atoms with Crippen molar-refractivity contribution in [3.8, 4) is 0 Å². The zero-order valence-corrected chi connectivity index (χ0v) is 19.5. The number of piperidine rings is 1. The lowest BCUT2D eigenvalue weighted by Crippen LogP contribution is -2.40. The van der Waals surface area contributed by atoms with Crippen LogP contribution >= 0.6 is 34.5 Å². The van der Waals surface area contributed by atoms with Gasteiger partial charge in [0.15, 0.2) is 5.78 Å². The van der Waals surface area contributed by atoms with Crippen LogP contribution in [0, 0.1) is 5.92 Å². The quantitative estimate of drug-likeness (QED) is 0.292. The van der Waals surface area contributed by atoms with Gasteiger partial charge in [0.05, 0.1) is 25.3 Å². The van der Waals surface area contributed by atoms with Gasteiger partial charge in [-0.3, -0.25) is 9.59 Å². The fraction of sp³-hybridized carbons (Fsp3) is 0.375. The second-order valence-corrected chi connectivity index (χ2v) is 9.86. The third-order valence-corrected chi connectivity index (χ3v) is 7.63. The third kappa shape index (κ3) is 5.46. The lowest BCUT2D eigenvalue weighted by molar-refractivity contribution is -0.132. The average molecular weight is 475 g/mol. The molecule has 31 heavy (non-hydrogen) atoms. The van der Waals surface area contributed by atoms with E-state index in [9.17, 15) is 9.59 Å². The van der Waals surface area contributed by atoms with Gasteiger partial charge in [-0.1, -0.05) is 35.3 Å². The van der Waals surface area contributed by atoms with Crippen LogP contribution < -0.4 is 0 Å². The van der Waals surface area contributed by atoms with Crippen LogP contribution in [0.25, 0.3) is 10.2 Å². The number of fused-ring (bicyclic) bond motifs is 1. The minimum atomic E-state index is -0.0691. The number of unbranched alkanes of at least 4 members (excludes halogenated alkanes) is 1. The maximum atomic E-state index is 12.7. The van der Waals surface area contributed by atoms with E-state index < -0.39 is 0 Å². The molecule has 0 atom stereocenters. The molecule has 0 unspecified atom stereocenters. The Labute approximate surface area is 196 Å². The molecule has 4 nitrogen and oxygen atoms in total. The number of Topliss-reactive ketones (excluding diaryl/α,β-unsaturated/α-hetero) is 1. The van der Waals surface area contributed by atoms with E-state index in [-0.39, 0.29) is 17.6 Å². The first kappa shape index (κ1) is 22.3. The number of aromatic nitrogens is 1. The maximum absolute atomic E-state index is 12.7. The standard InChI is InChI=1S/C24H24Cl2N2O2S/c25-18-10-9-17(15-19(18)26)24(30)16-11-13-28(14-12-16)23(29)8-4-3-7-22-27-20-5-1-2-6-21(20)31-22/h1-2,5-6,9-10,15-16H,3-4,7-8,11-14H2. The Morgan fingerprint density at radius 1 is 1.03 bits per heavy atom. The summed E-state index contributed by atoms with van der Waals surface area (Å²) in [6, 6.07) is 13.2. The molecule has 1 aliphatic heterocycles. The van der Waals surface area contributed by atoms with Gasteiger partial charge in [-0.2, -0.15) is 0 Å². The van der Waals surface area contributed by atoms with Crippen LogP contribution in [0.5, 0.6) is 0 Å². The van der Waals surface area contributed by atoms with Crippen LogP contribution in [0.2, 0.25) is 10.0 Å². The Kier molecular flexibility index (Phi) is 7.26. The predicted octanol–water partition coefficient (Wildman–Crippen LogP) is 6.44. The van der Waals surface area contributed by atoms with Crippen molar-refractivity contribution in [2.45, 2.75) is 38.5 Å². The third-order valence-electron chi connectivity index (χ3n) is 5.79. The Morgan fingerprint density at radius 2 is 1.81 bits per heavy atom. The van der Waals surface area contributed by atoms with Crippen molar-refractivity contribution < 1.29 is 9.59 Å². The van der Waals surface area contributed by atoms with E-state index in [1.54, 1.807) is 29.5 Å². The molecule has 162 valence electrons. The van der Waals surface area contributed by atoms with E-state index in [2.05, 4.69) is 11.1 Å². The smallest absolute Gasteiger partial charge is 0.222 e. The lowest BCUT2D eigenvalue weighted by atomic mass is 9.88. The fourth-order valence-electron chi connectivity index (χ4n) is 4.01. The van der Waals surface area contributed by atoms with E-state index in [0.717, 1.165) is 29.8 Å². The molecular formula is C24H24Cl2N2O2S. The molecule has 4 rings (SSSR count). The molecule has 2 aromatic carbocycles. The molecule has 2 heterocycles. The summed E-state index contributed by atoms with van der Waals surface area (Å²) in [7, 11) is 0. The molecule has 0 spiro atoms. The molecule has 1 amide bonds. The molecule has 1 saturated heterocycles. The highest BCUT2D eigenvalue weighted by Crippen LogP contribution is 2.27. The Morgan fingerprint density at radius 3 is 2.55 bits per heavy atom. The maximum Gasteiger partial charge on any atom is 0.222 e. The normalized spacial score (nSPS) is 14.8. The topological polar surface area (TPSA) is 50.3 Å². The number of thiazole rings is 1. The molecule has 0 aliphatic carbocycles. The number of nitrogens with zero attached hydrogens (tertiary/aromatic N) is 2. The summed E-state index contributed by atoms with van der Waals surface area (Å²) in [6.45, 7) is 1.27. The first-order valence-corrected chi connectivity index (χ1v) is 12.2. The molecule has 7 heteroatoms. The summed E-state index contributed by atoms with van der Waals surface area (Å²) < 4.78 is 1.21. The Balaban J connectivity index is 1.20. The number of rotatable bonds is 7. The monoisotopic (exact) mass is 474 g/mol. The molecule has 1 aromatic heterocycles. The summed E-state index contributed by atoms with van der Waals surface area (Å²) in [4.78, 5) is 31.9. The lowest BCUT2D eigenvalue weighted by Gasteiger charge is -2.31. The molecule has 0 bridgehead atoms. The minimum absolute atomic E-state index is 0.0691. The predicted molar refractivity (Wildman–Crippen MR) is 127 cm³/mol. The van der Waals surface area contributed by atoms with Gasteiger partial charge in [0.25, 0.3) is 0 Å². The van der Waals surface area contributed by atoms with Gasteiger partial charge in [-0.25, -0.2) is 4.98 Å². The SMILES string of the molecule is O=C(c1ccc(Cl)c(Cl)c1)C1CCN(C(=O)CCCCc2nc3ccccc3s2)CC1. The molecular weight excluding hydrogens is 451 g/mol. The van der Waals surface area contributed by atoms with Gasteiger partial charge >= 0.3 is 0 Å². The number of carbonyl (C=O) groups excluding carboxylic acids is 2. The van der Waals surface area contributed by atoms with Crippen LogP contribution in [0.3, 0.4) is 0 Å². The van der Waals surface area contributed by atoms with Gasteiger partial charge in [0, 0.05) is 31.0 Å². The second-order valence-electron chi connectivity index (χ2n) is 7.93. The van der Waals surface area contributed by atoms with Crippen molar-refractivity contribution >= 4 is 56.4 Å². The van der Waals surface area contributed by atoms with Crippen LogP contribution in [-0.2, 0) is 11.2 Å². The Hall–Kier alpha value is -1.95. The summed E-state index contributed by atoms with van der Waals surface area (Å²) in [5.41, 5.74) is 1.64. The molecule has 0 N–H and O–H groups in total. The highest BCUT2D eigenvalue weighted by molar-refractivity contribution is 7.18. The van der Waals surface area contributed by atoms with Crippen molar-refractivity contribution in [3.05, 3.63) is 63.1 Å². The number of hydrogen-bond acceptors (Lipinski definition) is 4. The largest absolute Gasteiger partial charge is 0.343 e. The minimum Gasteiger partial charge on any atom is -0.343 e. The number of hydrogen-bond donors (Lipinski definition) is 0. The number of aryl methyl sites for hydroxylation is 1. The highest BCUT2D eigenvalue weighted by atomic mass is 35.5. The average Bonchev–Trinajstić information content (AvgIpc) is 3.21. The number of amides is 1. The fourth-order valence-corrected chi connectivity index (χ4v) is 5.32. The first-order chi connectivity index (χ1) is 15.0. The van der Waals surface area contributed by atoms with Crippen molar-refractivity contribution in [1.29, 1.82) is 0 Å². The van der Waals surface area contributed by atoms with Crippen LogP contribution in [0.4, 0.5) is 0 Å². The Bertz CT molecular complexity index is 1060. The van der Waals surface area contributed by atoms with Crippen molar-refractivity contribution in [2.75, 3.05) is 13.1 Å². The van der Waals surface area contributed by atoms with Crippen LogP contribution in [0.15, 0.2) is 42.5 Å². The van der Waals surface area contributed by atoms with Crippen molar-refractivity contribution in [1.82, 2.24) is 9.88 Å². The van der Waals surface area contributed by atoms with Crippen molar-refractivity contribution in [2.24, 2.45) is 5.92 Å². The number of benzene rings is 2. The van der Waals surface area contributed by atoms with Gasteiger partial charge in [0.2, 0.25) is 5.91 Å². The molecule has 1 fully saturated rings. The summed E-state index contributed by atoms with van der Waals surface area (Å²) in [5, 5.41) is 1.98. The summed E-state index contributed by atoms with van der Waals surface area (Å²) >= 11 is 13.7. The molecule has 1 aliphatic rings. The van der Waals surface area contributed by atoms with Gasteiger partial charge in [-0.15, -0.1) is 11.3 Å². The number of ketones is 1. The van der Waals surface area contributed by atoms with Gasteiger partial charge in [-0.05, 0) is 62.4 Å². The van der Waals surface area contributed by atoms with E-state index in [1.807, 2.05) is 23.1 Å². The van der Waals surface area contributed by atoms with Crippen LogP contribution in [-0.4, -0.2) is 34.7 Å². The molecule has 3 aromatic rings. The van der Waals surface area contributed by atoms with E-state index in [0.29, 0.717) is 48.0 Å². The van der Waals surface area contributed by atoms with Gasteiger partial charge < -0.3 is 4.90 Å². The van der Waals surface area contributed by atoms with Crippen molar-refractivity contribution in [3.63, 3.8) is 0 Å². The van der Waals surface area contributed by atoms with Crippen LogP contribution in [0.1, 0.15) is 47.5 Å². The van der Waals surface area contributed by atoms with E-state index in [1.165, 1.54) is 4.70 Å². The number of carbonyl (C=O) groups is 2. The van der Waals surface area contributed by atoms with E-state index >= 15 is 0 Å². The highest BCUT2D eigenvalue weighted by Gasteiger charge is 2.28. The molecule has 0 saturated carbocycles. The zero-order valence-electron chi connectivity index (χ0n) is 17.2. The number of likely N-dealkylation sites (tertiary alicyclic amines) is 1. The summed E-state index contributed by atoms with van der Waals surface area (Å²) in [6.07, 6.45) is 4.66. The second kappa shape index (κ2) is 10.1. The van der Waals surface area contributed by atoms with Gasteiger partial charge in [0.1, 0.15) is 0 Å². The number of halogens is 2. The zero-order chi connectivity index (χ0) is 21.8. The number of para-hydroxylation sites is 1. The molecule has 0 radical (unpaired) electrons.